The van der Waals surface area contributed by atoms with Crippen molar-refractivity contribution in [3.63, 3.8) is 0 Å². The van der Waals surface area contributed by atoms with Gasteiger partial charge in [0.25, 0.3) is 0 Å². The number of carbonyl (C=O) groups is 1. The van der Waals surface area contributed by atoms with Gasteiger partial charge in [-0.1, -0.05) is 45.9 Å². The van der Waals surface area contributed by atoms with Crippen LogP contribution in [-0.4, -0.2) is 5.78 Å². The van der Waals surface area contributed by atoms with Crippen molar-refractivity contribution in [2.75, 3.05) is 0 Å². The Morgan fingerprint density at radius 3 is 2.13 bits per heavy atom. The van der Waals surface area contributed by atoms with E-state index < -0.39 is 0 Å². The van der Waals surface area contributed by atoms with Crippen molar-refractivity contribution >= 4 is 5.78 Å². The SMILES string of the molecule is Cc1cccc2c1C(C)(C)C(C)(C)C2=O. The second kappa shape index (κ2) is 2.72. The number of benzene rings is 1. The predicted octanol–water partition coefficient (Wildman–Crippen LogP) is 3.50. The van der Waals surface area contributed by atoms with E-state index in [1.165, 1.54) is 11.1 Å². The lowest BCUT2D eigenvalue weighted by atomic mass is 9.67. The van der Waals surface area contributed by atoms with Crippen LogP contribution < -0.4 is 0 Å². The van der Waals surface area contributed by atoms with Crippen molar-refractivity contribution < 1.29 is 4.79 Å². The van der Waals surface area contributed by atoms with Crippen molar-refractivity contribution in [2.45, 2.75) is 40.0 Å². The number of hydrogen-bond donors (Lipinski definition) is 0. The van der Waals surface area contributed by atoms with Crippen LogP contribution in [-0.2, 0) is 5.41 Å². The summed E-state index contributed by atoms with van der Waals surface area (Å²) in [6, 6.07) is 6.03. The lowest BCUT2D eigenvalue weighted by Crippen LogP contribution is -2.36. The summed E-state index contributed by atoms with van der Waals surface area (Å²) in [4.78, 5) is 12.3. The molecule has 1 heteroatoms. The fraction of sp³-hybridized carbons (Fsp3) is 0.500. The van der Waals surface area contributed by atoms with Gasteiger partial charge in [0, 0.05) is 16.4 Å². The zero-order valence-corrected chi connectivity index (χ0v) is 10.1. The summed E-state index contributed by atoms with van der Waals surface area (Å²) in [5, 5.41) is 0. The molecular weight excluding hydrogens is 184 g/mol. The average Bonchev–Trinajstić information content (AvgIpc) is 2.27. The number of ketones is 1. The zero-order valence-electron chi connectivity index (χ0n) is 10.1. The highest BCUT2D eigenvalue weighted by Gasteiger charge is 2.52. The van der Waals surface area contributed by atoms with Gasteiger partial charge in [0.15, 0.2) is 5.78 Å². The van der Waals surface area contributed by atoms with Crippen molar-refractivity contribution in [1.82, 2.24) is 0 Å². The zero-order chi connectivity index (χ0) is 11.4. The van der Waals surface area contributed by atoms with Crippen molar-refractivity contribution in [2.24, 2.45) is 5.41 Å². The average molecular weight is 202 g/mol. The molecule has 15 heavy (non-hydrogen) atoms. The van der Waals surface area contributed by atoms with E-state index in [4.69, 9.17) is 0 Å². The fourth-order valence-corrected chi connectivity index (χ4v) is 2.62. The number of Topliss-reactive ketones (excluding diaryl/α,β-unsaturated/α-hetero) is 1. The van der Waals surface area contributed by atoms with Gasteiger partial charge in [-0.2, -0.15) is 0 Å². The highest BCUT2D eigenvalue weighted by Crippen LogP contribution is 2.51. The van der Waals surface area contributed by atoms with E-state index in [0.717, 1.165) is 5.56 Å². The first-order valence-electron chi connectivity index (χ1n) is 5.45. The molecule has 1 aromatic carbocycles. The Balaban J connectivity index is 2.81. The molecule has 1 nitrogen and oxygen atoms in total. The van der Waals surface area contributed by atoms with Gasteiger partial charge in [0.2, 0.25) is 0 Å². The van der Waals surface area contributed by atoms with Gasteiger partial charge in [-0.15, -0.1) is 0 Å². The molecule has 0 N–H and O–H groups in total. The molecule has 0 aromatic heterocycles. The molecule has 0 saturated heterocycles. The molecule has 0 aliphatic heterocycles. The Hall–Kier alpha value is -1.11. The van der Waals surface area contributed by atoms with E-state index in [-0.39, 0.29) is 16.6 Å². The highest BCUT2D eigenvalue weighted by atomic mass is 16.1. The minimum Gasteiger partial charge on any atom is -0.294 e. The number of carbonyl (C=O) groups excluding carboxylic acids is 1. The smallest absolute Gasteiger partial charge is 0.169 e. The van der Waals surface area contributed by atoms with Gasteiger partial charge in [-0.25, -0.2) is 0 Å². The Labute approximate surface area is 91.5 Å². The molecule has 1 aliphatic rings. The van der Waals surface area contributed by atoms with Crippen LogP contribution in [0, 0.1) is 12.3 Å². The molecule has 0 radical (unpaired) electrons. The number of fused-ring (bicyclic) bond motifs is 1. The van der Waals surface area contributed by atoms with E-state index in [1.807, 2.05) is 12.1 Å². The summed E-state index contributed by atoms with van der Waals surface area (Å²) < 4.78 is 0. The quantitative estimate of drug-likeness (QED) is 0.629. The lowest BCUT2D eigenvalue weighted by Gasteiger charge is -2.34. The molecule has 0 unspecified atom stereocenters. The monoisotopic (exact) mass is 202 g/mol. The van der Waals surface area contributed by atoms with E-state index in [1.54, 1.807) is 0 Å². The molecule has 0 heterocycles. The normalized spacial score (nSPS) is 21.5. The molecule has 2 rings (SSSR count). The van der Waals surface area contributed by atoms with Gasteiger partial charge >= 0.3 is 0 Å². The third-order valence-electron chi connectivity index (χ3n) is 4.27. The van der Waals surface area contributed by atoms with Crippen molar-refractivity contribution in [3.8, 4) is 0 Å². The topological polar surface area (TPSA) is 17.1 Å². The fourth-order valence-electron chi connectivity index (χ4n) is 2.62. The molecule has 0 atom stereocenters. The number of aryl methyl sites for hydroxylation is 1. The molecule has 0 bridgehead atoms. The molecule has 0 saturated carbocycles. The van der Waals surface area contributed by atoms with Crippen LogP contribution in [0.2, 0.25) is 0 Å². The first kappa shape index (κ1) is 10.4. The van der Waals surface area contributed by atoms with E-state index >= 15 is 0 Å². The highest BCUT2D eigenvalue weighted by molar-refractivity contribution is 6.06. The maximum atomic E-state index is 12.3. The molecular formula is C14H18O. The minimum atomic E-state index is -0.290. The maximum Gasteiger partial charge on any atom is 0.169 e. The lowest BCUT2D eigenvalue weighted by molar-refractivity contribution is 0.0779. The molecule has 0 fully saturated rings. The first-order chi connectivity index (χ1) is 6.80. The van der Waals surface area contributed by atoms with Crippen LogP contribution in [0.1, 0.15) is 49.2 Å². The van der Waals surface area contributed by atoms with Crippen LogP contribution in [0.4, 0.5) is 0 Å². The Bertz CT molecular complexity index is 439. The van der Waals surface area contributed by atoms with Gasteiger partial charge in [-0.05, 0) is 18.1 Å². The van der Waals surface area contributed by atoms with Gasteiger partial charge in [-0.3, -0.25) is 4.79 Å². The molecule has 80 valence electrons. The van der Waals surface area contributed by atoms with Crippen molar-refractivity contribution in [3.05, 3.63) is 34.9 Å². The standard InChI is InChI=1S/C14H18O/c1-9-7-6-8-10-11(9)13(2,3)14(4,5)12(10)15/h6-8H,1-5H3. The Morgan fingerprint density at radius 1 is 1.00 bits per heavy atom. The third-order valence-corrected chi connectivity index (χ3v) is 4.27. The minimum absolute atomic E-state index is 0.0647. The molecule has 1 aromatic rings. The van der Waals surface area contributed by atoms with Gasteiger partial charge in [0.05, 0.1) is 0 Å². The summed E-state index contributed by atoms with van der Waals surface area (Å²) in [6.45, 7) is 10.5. The van der Waals surface area contributed by atoms with Crippen LogP contribution in [0.3, 0.4) is 0 Å². The van der Waals surface area contributed by atoms with Crippen LogP contribution >= 0.6 is 0 Å². The summed E-state index contributed by atoms with van der Waals surface area (Å²) >= 11 is 0. The third kappa shape index (κ3) is 1.06. The van der Waals surface area contributed by atoms with E-state index in [2.05, 4.69) is 40.7 Å². The van der Waals surface area contributed by atoms with Crippen molar-refractivity contribution in [1.29, 1.82) is 0 Å². The number of rotatable bonds is 0. The second-order valence-electron chi connectivity index (χ2n) is 5.58. The number of hydrogen-bond acceptors (Lipinski definition) is 1. The molecule has 0 spiro atoms. The summed E-state index contributed by atoms with van der Waals surface area (Å²) in [5.41, 5.74) is 3.04. The largest absolute Gasteiger partial charge is 0.294 e. The van der Waals surface area contributed by atoms with Crippen LogP contribution in [0.5, 0.6) is 0 Å². The van der Waals surface area contributed by atoms with E-state index in [9.17, 15) is 4.79 Å². The molecule has 0 amide bonds. The maximum absolute atomic E-state index is 12.3. The summed E-state index contributed by atoms with van der Waals surface area (Å²) in [5.74, 6) is 0.284. The summed E-state index contributed by atoms with van der Waals surface area (Å²) in [6.07, 6.45) is 0. The second-order valence-corrected chi connectivity index (χ2v) is 5.58. The summed E-state index contributed by atoms with van der Waals surface area (Å²) in [7, 11) is 0. The molecule has 1 aliphatic carbocycles. The Morgan fingerprint density at radius 2 is 1.60 bits per heavy atom. The predicted molar refractivity (Wildman–Crippen MR) is 62.3 cm³/mol. The van der Waals surface area contributed by atoms with Crippen LogP contribution in [0.15, 0.2) is 18.2 Å². The van der Waals surface area contributed by atoms with Gasteiger partial charge < -0.3 is 0 Å². The van der Waals surface area contributed by atoms with Crippen LogP contribution in [0.25, 0.3) is 0 Å². The van der Waals surface area contributed by atoms with E-state index in [0.29, 0.717) is 0 Å². The Kier molecular flexibility index (Phi) is 1.89. The first-order valence-corrected chi connectivity index (χ1v) is 5.45. The van der Waals surface area contributed by atoms with Gasteiger partial charge in [0.1, 0.15) is 0 Å².